The van der Waals surface area contributed by atoms with Crippen LogP contribution in [0.25, 0.3) is 6.08 Å². The zero-order valence-electron chi connectivity index (χ0n) is 10.8. The fraction of sp³-hybridized carbons (Fsp3) is 0. The summed E-state index contributed by atoms with van der Waals surface area (Å²) in [7, 11) is 0. The lowest BCUT2D eigenvalue weighted by Gasteiger charge is -2.06. The number of nitrogens with one attached hydrogen (secondary N) is 1. The van der Waals surface area contributed by atoms with Crippen LogP contribution in [0.2, 0.25) is 5.02 Å². The molecule has 5 heteroatoms. The smallest absolute Gasteiger partial charge is 0.266 e. The fourth-order valence-corrected chi connectivity index (χ4v) is 2.36. The van der Waals surface area contributed by atoms with Gasteiger partial charge >= 0.3 is 0 Å². The number of amides is 1. The van der Waals surface area contributed by atoms with Crippen LogP contribution in [0.4, 0.5) is 5.69 Å². The molecule has 0 bridgehead atoms. The van der Waals surface area contributed by atoms with Gasteiger partial charge < -0.3 is 5.32 Å². The molecule has 2 rings (SSSR count). The number of hydrogen-bond donors (Lipinski definition) is 1. The molecule has 0 aliphatic heterocycles. The normalized spacial score (nSPS) is 10.8. The summed E-state index contributed by atoms with van der Waals surface area (Å²) in [5, 5.41) is 12.4. The minimum absolute atomic E-state index is 0.00255. The molecule has 0 radical (unpaired) electrons. The maximum absolute atomic E-state index is 12.2. The quantitative estimate of drug-likeness (QED) is 0.462. The molecule has 3 nitrogen and oxygen atoms in total. The molecule has 2 aromatic carbocycles. The monoisotopic (exact) mass is 408 g/mol. The van der Waals surface area contributed by atoms with E-state index in [1.165, 1.54) is 6.08 Å². The van der Waals surface area contributed by atoms with Crippen molar-refractivity contribution in [3.8, 4) is 6.07 Å². The Morgan fingerprint density at radius 2 is 1.86 bits per heavy atom. The predicted octanol–water partition coefficient (Wildman–Crippen LogP) is 4.49. The van der Waals surface area contributed by atoms with Crippen molar-refractivity contribution in [2.45, 2.75) is 0 Å². The van der Waals surface area contributed by atoms with E-state index in [9.17, 15) is 10.1 Å². The van der Waals surface area contributed by atoms with Crippen LogP contribution in [0.15, 0.2) is 54.1 Å². The van der Waals surface area contributed by atoms with Gasteiger partial charge in [0.1, 0.15) is 11.6 Å². The fourth-order valence-electron chi connectivity index (χ4n) is 1.65. The Morgan fingerprint density at radius 3 is 2.52 bits per heavy atom. The third-order valence-corrected chi connectivity index (χ3v) is 3.98. The van der Waals surface area contributed by atoms with E-state index < -0.39 is 5.91 Å². The summed E-state index contributed by atoms with van der Waals surface area (Å²) in [6.45, 7) is 0. The van der Waals surface area contributed by atoms with Crippen LogP contribution in [-0.4, -0.2) is 5.91 Å². The van der Waals surface area contributed by atoms with Crippen molar-refractivity contribution in [2.75, 3.05) is 5.32 Å². The van der Waals surface area contributed by atoms with E-state index in [-0.39, 0.29) is 5.57 Å². The van der Waals surface area contributed by atoms with Crippen molar-refractivity contribution >= 4 is 51.9 Å². The van der Waals surface area contributed by atoms with Gasteiger partial charge in [-0.25, -0.2) is 0 Å². The van der Waals surface area contributed by atoms with Crippen molar-refractivity contribution in [2.24, 2.45) is 0 Å². The van der Waals surface area contributed by atoms with Gasteiger partial charge in [-0.15, -0.1) is 0 Å². The lowest BCUT2D eigenvalue weighted by Crippen LogP contribution is -2.14. The van der Waals surface area contributed by atoms with E-state index >= 15 is 0 Å². The number of nitriles is 1. The van der Waals surface area contributed by atoms with Crippen LogP contribution in [0, 0.1) is 14.9 Å². The van der Waals surface area contributed by atoms with E-state index in [4.69, 9.17) is 11.6 Å². The largest absolute Gasteiger partial charge is 0.320 e. The molecule has 0 aromatic heterocycles. The van der Waals surface area contributed by atoms with Crippen LogP contribution in [0.5, 0.6) is 0 Å². The number of para-hydroxylation sites is 1. The van der Waals surface area contributed by atoms with Gasteiger partial charge in [0.05, 0.1) is 5.69 Å². The molecule has 0 aliphatic carbocycles. The molecule has 1 N–H and O–H groups in total. The second-order valence-electron chi connectivity index (χ2n) is 4.13. The molecule has 21 heavy (non-hydrogen) atoms. The molecule has 2 aromatic rings. The minimum Gasteiger partial charge on any atom is -0.320 e. The lowest BCUT2D eigenvalue weighted by atomic mass is 10.1. The maximum atomic E-state index is 12.2. The Kier molecular flexibility index (Phi) is 5.37. The van der Waals surface area contributed by atoms with Crippen LogP contribution in [-0.2, 0) is 4.79 Å². The van der Waals surface area contributed by atoms with Gasteiger partial charge in [-0.05, 0) is 52.4 Å². The Labute approximate surface area is 141 Å². The van der Waals surface area contributed by atoms with E-state index in [2.05, 4.69) is 27.9 Å². The topological polar surface area (TPSA) is 52.9 Å². The van der Waals surface area contributed by atoms with Gasteiger partial charge in [-0.3, -0.25) is 4.79 Å². The van der Waals surface area contributed by atoms with Gasteiger partial charge in [0, 0.05) is 8.59 Å². The molecule has 0 saturated carbocycles. The molecule has 0 heterocycles. The van der Waals surface area contributed by atoms with E-state index in [1.54, 1.807) is 30.3 Å². The number of nitrogens with zero attached hydrogens (tertiary/aromatic N) is 1. The van der Waals surface area contributed by atoms with E-state index in [0.29, 0.717) is 16.3 Å². The number of carbonyl (C=O) groups is 1. The van der Waals surface area contributed by atoms with Gasteiger partial charge in [0.15, 0.2) is 0 Å². The summed E-state index contributed by atoms with van der Waals surface area (Å²) in [6, 6.07) is 16.3. The molecule has 0 saturated heterocycles. The molecule has 0 spiro atoms. The Bertz CT molecular complexity index is 750. The zero-order valence-corrected chi connectivity index (χ0v) is 13.7. The first-order valence-electron chi connectivity index (χ1n) is 6.04. The summed E-state index contributed by atoms with van der Waals surface area (Å²) >= 11 is 8.15. The predicted molar refractivity (Wildman–Crippen MR) is 92.8 cm³/mol. The van der Waals surface area contributed by atoms with Gasteiger partial charge in [0.25, 0.3) is 5.91 Å². The second kappa shape index (κ2) is 7.25. The van der Waals surface area contributed by atoms with Gasteiger partial charge in [-0.1, -0.05) is 41.9 Å². The Balaban J connectivity index is 2.26. The SMILES string of the molecule is N#C/C(=C/c1ccccc1Cl)C(=O)Nc1ccccc1I. The number of hydrogen-bond acceptors (Lipinski definition) is 2. The third kappa shape index (κ3) is 4.06. The van der Waals surface area contributed by atoms with Crippen molar-refractivity contribution < 1.29 is 4.79 Å². The van der Waals surface area contributed by atoms with Gasteiger partial charge in [-0.2, -0.15) is 5.26 Å². The highest BCUT2D eigenvalue weighted by molar-refractivity contribution is 14.1. The Hall–Kier alpha value is -1.84. The third-order valence-electron chi connectivity index (χ3n) is 2.69. The molecule has 0 aliphatic rings. The summed E-state index contributed by atoms with van der Waals surface area (Å²) < 4.78 is 0.901. The van der Waals surface area contributed by atoms with E-state index in [0.717, 1.165) is 3.57 Å². The molecule has 0 unspecified atom stereocenters. The van der Waals surface area contributed by atoms with Crippen LogP contribution in [0.3, 0.4) is 0 Å². The maximum Gasteiger partial charge on any atom is 0.266 e. The van der Waals surface area contributed by atoms with Gasteiger partial charge in [0.2, 0.25) is 0 Å². The van der Waals surface area contributed by atoms with Crippen molar-refractivity contribution in [3.63, 3.8) is 0 Å². The van der Waals surface area contributed by atoms with Crippen LogP contribution < -0.4 is 5.32 Å². The van der Waals surface area contributed by atoms with Crippen LogP contribution in [0.1, 0.15) is 5.56 Å². The van der Waals surface area contributed by atoms with Crippen LogP contribution >= 0.6 is 34.2 Å². The zero-order chi connectivity index (χ0) is 15.2. The standard InChI is InChI=1S/C16H10ClIN2O/c17-13-6-2-1-5-11(13)9-12(10-19)16(21)20-15-8-4-3-7-14(15)18/h1-9H,(H,20,21)/b12-9-. The number of benzene rings is 2. The second-order valence-corrected chi connectivity index (χ2v) is 5.69. The molecule has 0 atom stereocenters. The molecular weight excluding hydrogens is 399 g/mol. The number of rotatable bonds is 3. The highest BCUT2D eigenvalue weighted by atomic mass is 127. The first kappa shape index (κ1) is 15.5. The average Bonchev–Trinajstić information content (AvgIpc) is 2.48. The number of carbonyl (C=O) groups excluding carboxylic acids is 1. The van der Waals surface area contributed by atoms with E-state index in [1.807, 2.05) is 24.3 Å². The van der Waals surface area contributed by atoms with Crippen molar-refractivity contribution in [3.05, 3.63) is 68.3 Å². The highest BCUT2D eigenvalue weighted by Gasteiger charge is 2.11. The Morgan fingerprint density at radius 1 is 1.19 bits per heavy atom. The first-order chi connectivity index (χ1) is 10.1. The molecule has 1 amide bonds. The lowest BCUT2D eigenvalue weighted by molar-refractivity contribution is -0.112. The summed E-state index contributed by atoms with van der Waals surface area (Å²) in [5.74, 6) is -0.457. The molecular formula is C16H10ClIN2O. The summed E-state index contributed by atoms with van der Waals surface area (Å²) in [6.07, 6.45) is 1.48. The summed E-state index contributed by atoms with van der Waals surface area (Å²) in [4.78, 5) is 12.2. The molecule has 104 valence electrons. The first-order valence-corrected chi connectivity index (χ1v) is 7.49. The number of halogens is 2. The molecule has 0 fully saturated rings. The summed E-state index contributed by atoms with van der Waals surface area (Å²) in [5.41, 5.74) is 1.31. The minimum atomic E-state index is -0.457. The average molecular weight is 409 g/mol. The highest BCUT2D eigenvalue weighted by Crippen LogP contribution is 2.20. The van der Waals surface area contributed by atoms with Crippen molar-refractivity contribution in [1.29, 1.82) is 5.26 Å². The van der Waals surface area contributed by atoms with Crippen molar-refractivity contribution in [1.82, 2.24) is 0 Å². The number of anilines is 1.